The van der Waals surface area contributed by atoms with Crippen LogP contribution in [0.25, 0.3) is 21.1 Å². The molecule has 2 heterocycles. The van der Waals surface area contributed by atoms with Crippen LogP contribution in [0.1, 0.15) is 9.67 Å². The van der Waals surface area contributed by atoms with Crippen LogP contribution in [0.15, 0.2) is 33.5 Å². The van der Waals surface area contributed by atoms with Gasteiger partial charge < -0.3 is 24.8 Å². The van der Waals surface area contributed by atoms with E-state index in [2.05, 4.69) is 31.2 Å². The van der Waals surface area contributed by atoms with Gasteiger partial charge in [-0.25, -0.2) is 9.59 Å². The molecule has 0 saturated heterocycles. The number of hydrogen-bond acceptors (Lipinski definition) is 6. The number of ether oxygens (including phenoxy) is 2. The number of benzene rings is 2. The van der Waals surface area contributed by atoms with E-state index in [-0.39, 0.29) is 15.6 Å². The minimum Gasteiger partial charge on any atom is -0.495 e. The van der Waals surface area contributed by atoms with Gasteiger partial charge in [-0.1, -0.05) is 23.2 Å². The number of aromatic nitrogens is 2. The highest BCUT2D eigenvalue weighted by Gasteiger charge is 2.22. The van der Waals surface area contributed by atoms with Crippen molar-refractivity contribution in [2.24, 2.45) is 0 Å². The van der Waals surface area contributed by atoms with E-state index in [1.165, 1.54) is 7.11 Å². The van der Waals surface area contributed by atoms with Crippen LogP contribution < -0.4 is 15.7 Å². The van der Waals surface area contributed by atoms with Gasteiger partial charge in [-0.3, -0.25) is 4.79 Å². The third kappa shape index (κ3) is 4.16. The Morgan fingerprint density at radius 1 is 1.16 bits per heavy atom. The van der Waals surface area contributed by atoms with E-state index >= 15 is 0 Å². The number of nitrogens with one attached hydrogen (secondary N) is 3. The van der Waals surface area contributed by atoms with Gasteiger partial charge in [0, 0.05) is 9.86 Å². The third-order valence-corrected chi connectivity index (χ3v) is 7.17. The summed E-state index contributed by atoms with van der Waals surface area (Å²) >= 11 is 17.0. The number of imidazole rings is 1. The van der Waals surface area contributed by atoms with Gasteiger partial charge in [0.1, 0.15) is 15.6 Å². The van der Waals surface area contributed by atoms with Crippen LogP contribution in [0, 0.1) is 0 Å². The van der Waals surface area contributed by atoms with Crippen molar-refractivity contribution in [2.75, 3.05) is 19.0 Å². The molecule has 0 fully saturated rings. The van der Waals surface area contributed by atoms with Crippen LogP contribution in [0.4, 0.5) is 5.69 Å². The summed E-state index contributed by atoms with van der Waals surface area (Å²) in [5, 5.41) is 3.74. The average Bonchev–Trinajstić information content (AvgIpc) is 3.26. The smallest absolute Gasteiger partial charge is 0.350 e. The summed E-state index contributed by atoms with van der Waals surface area (Å²) in [6.45, 7) is -0.533. The maximum Gasteiger partial charge on any atom is 0.350 e. The van der Waals surface area contributed by atoms with E-state index in [1.54, 1.807) is 24.3 Å². The molecule has 0 aliphatic heterocycles. The van der Waals surface area contributed by atoms with E-state index < -0.39 is 18.5 Å². The monoisotopic (exact) mass is 543 g/mol. The molecule has 4 aromatic rings. The van der Waals surface area contributed by atoms with Crippen LogP contribution in [-0.2, 0) is 9.53 Å². The molecule has 1 amide bonds. The van der Waals surface area contributed by atoms with Crippen molar-refractivity contribution in [3.8, 4) is 5.75 Å². The van der Waals surface area contributed by atoms with Gasteiger partial charge in [0.25, 0.3) is 5.91 Å². The number of methoxy groups -OCH3 is 1. The van der Waals surface area contributed by atoms with E-state index in [1.807, 2.05) is 0 Å². The first kappa shape index (κ1) is 21.7. The fourth-order valence-corrected chi connectivity index (χ4v) is 5.13. The van der Waals surface area contributed by atoms with Crippen molar-refractivity contribution >= 4 is 89.2 Å². The fraction of sp³-hybridized carbons (Fsp3) is 0.105. The molecular formula is C19H12BrCl2N3O5S. The maximum absolute atomic E-state index is 12.5. The van der Waals surface area contributed by atoms with E-state index in [9.17, 15) is 14.4 Å². The predicted molar refractivity (Wildman–Crippen MR) is 124 cm³/mol. The first-order valence-electron chi connectivity index (χ1n) is 8.61. The molecular weight excluding hydrogens is 533 g/mol. The number of fused-ring (bicyclic) bond motifs is 2. The quantitative estimate of drug-likeness (QED) is 0.308. The summed E-state index contributed by atoms with van der Waals surface area (Å²) in [5.41, 5.74) is 1.14. The van der Waals surface area contributed by atoms with Crippen LogP contribution in [-0.4, -0.2) is 35.6 Å². The maximum atomic E-state index is 12.5. The highest BCUT2D eigenvalue weighted by Crippen LogP contribution is 2.43. The van der Waals surface area contributed by atoms with Gasteiger partial charge in [-0.15, -0.1) is 11.3 Å². The van der Waals surface area contributed by atoms with Crippen molar-refractivity contribution in [3.63, 3.8) is 0 Å². The number of carbonyl (C=O) groups is 2. The van der Waals surface area contributed by atoms with Crippen molar-refractivity contribution in [2.45, 2.75) is 0 Å². The molecule has 0 atom stereocenters. The second-order valence-electron chi connectivity index (χ2n) is 6.28. The normalized spacial score (nSPS) is 11.1. The van der Waals surface area contributed by atoms with Crippen LogP contribution in [0.2, 0.25) is 10.0 Å². The Labute approximate surface area is 196 Å². The van der Waals surface area contributed by atoms with E-state index in [0.29, 0.717) is 42.1 Å². The number of rotatable bonds is 5. The molecule has 2 aromatic carbocycles. The number of H-pyrrole nitrogens is 2. The van der Waals surface area contributed by atoms with Crippen molar-refractivity contribution in [1.29, 1.82) is 0 Å². The van der Waals surface area contributed by atoms with Gasteiger partial charge in [-0.05, 0) is 40.2 Å². The lowest BCUT2D eigenvalue weighted by Gasteiger charge is -2.08. The highest BCUT2D eigenvalue weighted by atomic mass is 79.9. The molecule has 0 radical (unpaired) electrons. The number of anilines is 1. The lowest BCUT2D eigenvalue weighted by Crippen LogP contribution is -2.21. The van der Waals surface area contributed by atoms with Crippen LogP contribution in [0.5, 0.6) is 5.75 Å². The van der Waals surface area contributed by atoms with Gasteiger partial charge in [0.2, 0.25) is 0 Å². The van der Waals surface area contributed by atoms with Gasteiger partial charge in [0.05, 0.1) is 33.6 Å². The lowest BCUT2D eigenvalue weighted by molar-refractivity contribution is -0.119. The summed E-state index contributed by atoms with van der Waals surface area (Å²) in [7, 11) is 1.49. The van der Waals surface area contributed by atoms with Crippen LogP contribution >= 0.6 is 50.5 Å². The summed E-state index contributed by atoms with van der Waals surface area (Å²) in [4.78, 5) is 41.5. The molecule has 0 unspecified atom stereocenters. The standard InChI is InChI=1S/C19H12BrCl2N3O5S/c1-29-12-3-2-7-14(21)17(31-16(7)15(12)22)18(27)30-6-13(26)23-9-5-11-10(4-8(9)20)24-19(28)25-11/h2-5H,6H2,1H3,(H,23,26)(H2,24,25,28). The molecule has 0 aliphatic carbocycles. The third-order valence-electron chi connectivity index (χ3n) is 4.32. The summed E-state index contributed by atoms with van der Waals surface area (Å²) in [5.74, 6) is -0.859. The second kappa shape index (κ2) is 8.54. The first-order valence-corrected chi connectivity index (χ1v) is 11.0. The number of carbonyl (C=O) groups excluding carboxylic acids is 2. The SMILES string of the molecule is COc1ccc2c(Cl)c(C(=O)OCC(=O)Nc3cc4[nH]c(=O)[nH]c4cc3Br)sc2c1Cl. The molecule has 4 rings (SSSR count). The van der Waals surface area contributed by atoms with Crippen molar-refractivity contribution < 1.29 is 19.1 Å². The Bertz CT molecular complexity index is 1410. The Morgan fingerprint density at radius 3 is 2.58 bits per heavy atom. The van der Waals surface area contributed by atoms with E-state index in [4.69, 9.17) is 32.7 Å². The van der Waals surface area contributed by atoms with Gasteiger partial charge in [0.15, 0.2) is 6.61 Å². The largest absolute Gasteiger partial charge is 0.495 e. The Kier molecular flexibility index (Phi) is 5.98. The molecule has 160 valence electrons. The second-order valence-corrected chi connectivity index (χ2v) is 8.92. The molecule has 12 heteroatoms. The van der Waals surface area contributed by atoms with Gasteiger partial charge in [-0.2, -0.15) is 0 Å². The Balaban J connectivity index is 1.48. The number of hydrogen-bond donors (Lipinski definition) is 3. The van der Waals surface area contributed by atoms with Gasteiger partial charge >= 0.3 is 11.7 Å². The number of aromatic amines is 2. The predicted octanol–water partition coefficient (Wildman–Crippen LogP) is 4.94. The summed E-state index contributed by atoms with van der Waals surface area (Å²) in [6, 6.07) is 6.57. The Morgan fingerprint density at radius 2 is 1.87 bits per heavy atom. The average molecular weight is 545 g/mol. The topological polar surface area (TPSA) is 113 Å². The zero-order chi connectivity index (χ0) is 22.3. The number of amides is 1. The molecule has 0 bridgehead atoms. The van der Waals surface area contributed by atoms with E-state index in [0.717, 1.165) is 11.3 Å². The molecule has 2 aromatic heterocycles. The minimum absolute atomic E-state index is 0.132. The molecule has 3 N–H and O–H groups in total. The Hall–Kier alpha value is -2.53. The molecule has 31 heavy (non-hydrogen) atoms. The molecule has 0 aliphatic rings. The zero-order valence-electron chi connectivity index (χ0n) is 15.6. The first-order chi connectivity index (χ1) is 14.8. The van der Waals surface area contributed by atoms with Crippen molar-refractivity contribution in [1.82, 2.24) is 9.97 Å². The highest BCUT2D eigenvalue weighted by molar-refractivity contribution is 9.10. The van der Waals surface area contributed by atoms with Crippen LogP contribution in [0.3, 0.4) is 0 Å². The molecule has 8 nitrogen and oxygen atoms in total. The number of halogens is 3. The minimum atomic E-state index is -0.749. The molecule has 0 spiro atoms. The fourth-order valence-electron chi connectivity index (χ4n) is 2.90. The number of esters is 1. The molecule has 0 saturated carbocycles. The zero-order valence-corrected chi connectivity index (χ0v) is 19.5. The lowest BCUT2D eigenvalue weighted by atomic mass is 10.2. The summed E-state index contributed by atoms with van der Waals surface area (Å²) in [6.07, 6.45) is 0. The van der Waals surface area contributed by atoms with Crippen molar-refractivity contribution in [3.05, 3.63) is 54.1 Å². The number of thiophene rings is 1. The summed E-state index contributed by atoms with van der Waals surface area (Å²) < 4.78 is 11.4.